The second kappa shape index (κ2) is 14.9. The third-order valence-electron chi connectivity index (χ3n) is 7.95. The van der Waals surface area contributed by atoms with Crippen molar-refractivity contribution in [2.75, 3.05) is 26.7 Å². The Morgan fingerprint density at radius 1 is 0.739 bits per heavy atom. The van der Waals surface area contributed by atoms with Crippen LogP contribution in [0.2, 0.25) is 0 Å². The number of rotatable bonds is 4. The molecule has 0 unspecified atom stereocenters. The molecule has 0 bridgehead atoms. The highest BCUT2D eigenvalue weighted by Gasteiger charge is 2.21. The van der Waals surface area contributed by atoms with Crippen molar-refractivity contribution in [1.82, 2.24) is 20.3 Å². The van der Waals surface area contributed by atoms with Crippen molar-refractivity contribution in [1.29, 1.82) is 0 Å². The number of carbonyl (C=O) groups excluding carboxylic acids is 1. The first-order valence-electron chi connectivity index (χ1n) is 14.5. The van der Waals surface area contributed by atoms with Gasteiger partial charge in [-0.1, -0.05) is 18.2 Å². The predicted octanol–water partition coefficient (Wildman–Crippen LogP) is 1.74. The molecule has 3 aromatic rings. The molecule has 0 fully saturated rings. The average Bonchev–Trinajstić information content (AvgIpc) is 3.03. The van der Waals surface area contributed by atoms with E-state index in [-0.39, 0.29) is 15.7 Å². The van der Waals surface area contributed by atoms with E-state index in [1.807, 2.05) is 12.1 Å². The minimum Gasteiger partial charge on any atom is -0.338 e. The first-order chi connectivity index (χ1) is 21.6. The van der Waals surface area contributed by atoms with E-state index in [1.54, 1.807) is 41.3 Å². The van der Waals surface area contributed by atoms with Gasteiger partial charge < -0.3 is 15.5 Å². The number of sulfonamides is 2. The third kappa shape index (κ3) is 9.35. The summed E-state index contributed by atoms with van der Waals surface area (Å²) in [5.74, 6) is -0.00483. The second-order valence-electron chi connectivity index (χ2n) is 11.0. The summed E-state index contributed by atoms with van der Waals surface area (Å²) in [6.45, 7) is 6.02. The average molecular weight is 712 g/mol. The lowest BCUT2D eigenvalue weighted by atomic mass is 10.00. The molecule has 250 valence electrons. The maximum absolute atomic E-state index is 11.6. The molecule has 0 saturated carbocycles. The molecule has 12 nitrogen and oxygen atoms in total. The third-order valence-corrected chi connectivity index (χ3v) is 11.6. The molecule has 46 heavy (non-hydrogen) atoms. The highest BCUT2D eigenvalue weighted by molar-refractivity contribution is 8.13. The number of hydrogen-bond acceptors (Lipinski definition) is 9. The van der Waals surface area contributed by atoms with E-state index < -0.39 is 29.1 Å². The Bertz CT molecular complexity index is 1940. The fourth-order valence-corrected chi connectivity index (χ4v) is 7.48. The van der Waals surface area contributed by atoms with Crippen molar-refractivity contribution in [2.45, 2.75) is 60.5 Å². The van der Waals surface area contributed by atoms with Gasteiger partial charge >= 0.3 is 0 Å². The summed E-state index contributed by atoms with van der Waals surface area (Å²) in [6, 6.07) is 15.2. The lowest BCUT2D eigenvalue weighted by molar-refractivity contribution is -0.129. The van der Waals surface area contributed by atoms with Crippen molar-refractivity contribution in [2.24, 2.45) is 5.14 Å². The largest absolute Gasteiger partial charge is 0.338 e. The van der Waals surface area contributed by atoms with E-state index >= 15 is 0 Å². The molecule has 1 amide bonds. The van der Waals surface area contributed by atoms with Crippen LogP contribution in [0.3, 0.4) is 0 Å². The van der Waals surface area contributed by atoms with Crippen LogP contribution in [-0.2, 0) is 72.8 Å². The molecule has 0 atom stereocenters. The number of fused-ring (bicyclic) bond motifs is 3. The molecule has 0 radical (unpaired) electrons. The minimum absolute atomic E-state index is 0.00483. The van der Waals surface area contributed by atoms with Crippen LogP contribution < -0.4 is 20.5 Å². The molecule has 0 aromatic heterocycles. The van der Waals surface area contributed by atoms with Crippen LogP contribution in [0.5, 0.6) is 0 Å². The first-order valence-corrected chi connectivity index (χ1v) is 19.9. The Kier molecular flexibility index (Phi) is 11.6. The summed E-state index contributed by atoms with van der Waals surface area (Å²) in [5, 5.41) is 11.4. The molecule has 3 heterocycles. The van der Waals surface area contributed by atoms with E-state index in [9.17, 15) is 30.0 Å². The quantitative estimate of drug-likeness (QED) is 0.293. The molecule has 16 heteroatoms. The van der Waals surface area contributed by atoms with Crippen LogP contribution in [0.25, 0.3) is 0 Å². The SMILES string of the molecule is CC(=O)N1CCc2ccc(S(=O)(=O)Cl)cc2C1.CNS(=O)(=O)c1ccc2c(c1)CNCC2.NS(=O)(=O)c1ccc2c(c1)CNCC2. The molecule has 3 aliphatic rings. The molecular weight excluding hydrogens is 674 g/mol. The number of hydrogen-bond donors (Lipinski definition) is 4. The summed E-state index contributed by atoms with van der Waals surface area (Å²) in [4.78, 5) is 13.6. The smallest absolute Gasteiger partial charge is 0.261 e. The van der Waals surface area contributed by atoms with Crippen LogP contribution in [0.1, 0.15) is 40.3 Å². The highest BCUT2D eigenvalue weighted by Crippen LogP contribution is 2.24. The number of amides is 1. The van der Waals surface area contributed by atoms with E-state index in [0.29, 0.717) is 18.0 Å². The molecule has 0 aliphatic carbocycles. The lowest BCUT2D eigenvalue weighted by Gasteiger charge is -2.28. The number of benzene rings is 3. The number of nitrogens with two attached hydrogens (primary N) is 1. The minimum atomic E-state index is -3.71. The van der Waals surface area contributed by atoms with Gasteiger partial charge in [0.1, 0.15) is 0 Å². The summed E-state index contributed by atoms with van der Waals surface area (Å²) >= 11 is 0. The zero-order chi connectivity index (χ0) is 33.7. The number of carbonyl (C=O) groups is 1. The van der Waals surface area contributed by atoms with Gasteiger partial charge in [-0.2, -0.15) is 0 Å². The monoisotopic (exact) mass is 711 g/mol. The van der Waals surface area contributed by atoms with Crippen molar-refractivity contribution in [3.63, 3.8) is 0 Å². The first kappa shape index (κ1) is 36.0. The van der Waals surface area contributed by atoms with Crippen molar-refractivity contribution in [3.05, 3.63) is 88.0 Å². The van der Waals surface area contributed by atoms with E-state index in [1.165, 1.54) is 31.2 Å². The Morgan fingerprint density at radius 3 is 1.72 bits per heavy atom. The van der Waals surface area contributed by atoms with Crippen molar-refractivity contribution in [3.8, 4) is 0 Å². The van der Waals surface area contributed by atoms with E-state index in [4.69, 9.17) is 15.8 Å². The molecule has 5 N–H and O–H groups in total. The lowest BCUT2D eigenvalue weighted by Crippen LogP contribution is -2.34. The Labute approximate surface area is 275 Å². The van der Waals surface area contributed by atoms with Crippen LogP contribution >= 0.6 is 10.7 Å². The summed E-state index contributed by atoms with van der Waals surface area (Å²) in [6.07, 6.45) is 2.66. The van der Waals surface area contributed by atoms with Gasteiger partial charge in [0, 0.05) is 43.8 Å². The predicted molar refractivity (Wildman–Crippen MR) is 176 cm³/mol. The van der Waals surface area contributed by atoms with Gasteiger partial charge in [0.2, 0.25) is 26.0 Å². The normalized spacial score (nSPS) is 16.0. The van der Waals surface area contributed by atoms with E-state index in [2.05, 4.69) is 15.4 Å². The van der Waals surface area contributed by atoms with E-state index in [0.717, 1.165) is 67.7 Å². The second-order valence-corrected chi connectivity index (χ2v) is 17.0. The number of halogens is 1. The van der Waals surface area contributed by atoms with Gasteiger partial charge in [-0.15, -0.1) is 0 Å². The van der Waals surface area contributed by atoms with Gasteiger partial charge in [0.25, 0.3) is 9.05 Å². The van der Waals surface area contributed by atoms with Gasteiger partial charge in [-0.25, -0.2) is 35.1 Å². The Hall–Kier alpha value is -2.89. The fourth-order valence-electron chi connectivity index (χ4n) is 5.33. The van der Waals surface area contributed by atoms with Crippen LogP contribution in [-0.4, -0.2) is 62.7 Å². The molecule has 0 saturated heterocycles. The van der Waals surface area contributed by atoms with Crippen LogP contribution in [0.15, 0.2) is 69.3 Å². The van der Waals surface area contributed by atoms with Crippen LogP contribution in [0.4, 0.5) is 0 Å². The molecule has 3 aliphatic heterocycles. The number of nitrogens with one attached hydrogen (secondary N) is 3. The zero-order valence-corrected chi connectivity index (χ0v) is 28.8. The highest BCUT2D eigenvalue weighted by atomic mass is 35.7. The summed E-state index contributed by atoms with van der Waals surface area (Å²) in [7, 11) is -3.86. The molecular formula is C30H38ClN5O7S3. The molecule has 0 spiro atoms. The molecule has 6 rings (SSSR count). The summed E-state index contributed by atoms with van der Waals surface area (Å²) < 4.78 is 70.0. The van der Waals surface area contributed by atoms with Gasteiger partial charge in [0.05, 0.1) is 14.7 Å². The number of nitrogens with zero attached hydrogens (tertiary/aromatic N) is 1. The van der Waals surface area contributed by atoms with Crippen molar-refractivity contribution >= 4 is 45.7 Å². The Balaban J connectivity index is 0.000000157. The number of primary sulfonamides is 1. The molecule has 3 aromatic carbocycles. The van der Waals surface area contributed by atoms with Gasteiger partial charge in [-0.05, 0) is 109 Å². The van der Waals surface area contributed by atoms with Gasteiger partial charge in [0.15, 0.2) is 0 Å². The van der Waals surface area contributed by atoms with Crippen molar-refractivity contribution < 1.29 is 30.0 Å². The topological polar surface area (TPSA) is 185 Å². The standard InChI is InChI=1S/C11H12ClNO3S.C10H14N2O2S.C9H12N2O2S/c1-8(14)13-5-4-9-2-3-11(17(12,15)16)6-10(9)7-13;1-11-15(13,14)10-3-2-8-4-5-12-7-9(8)6-10;10-14(12,13)9-2-1-7-3-4-11-6-8(7)5-9/h2-3,6H,4-5,7H2,1H3;2-3,6,11-12H,4-5,7H2,1H3;1-2,5,11H,3-4,6H2,(H2,10,12,13). The van der Waals surface area contributed by atoms with Crippen LogP contribution in [0, 0.1) is 0 Å². The fraction of sp³-hybridized carbons (Fsp3) is 0.367. The maximum Gasteiger partial charge on any atom is 0.261 e. The maximum atomic E-state index is 11.6. The Morgan fingerprint density at radius 2 is 1.22 bits per heavy atom. The zero-order valence-electron chi connectivity index (χ0n) is 25.5. The summed E-state index contributed by atoms with van der Waals surface area (Å²) in [5.41, 5.74) is 6.49. The van der Waals surface area contributed by atoms with Gasteiger partial charge in [-0.3, -0.25) is 4.79 Å².